The van der Waals surface area contributed by atoms with Gasteiger partial charge < -0.3 is 5.11 Å². The van der Waals surface area contributed by atoms with Crippen LogP contribution < -0.4 is 0 Å². The van der Waals surface area contributed by atoms with Crippen LogP contribution in [-0.4, -0.2) is 11.2 Å². The summed E-state index contributed by atoms with van der Waals surface area (Å²) in [6.45, 7) is 6.67. The molecule has 0 saturated heterocycles. The molecule has 0 radical (unpaired) electrons. The van der Waals surface area contributed by atoms with Gasteiger partial charge in [0.25, 0.3) is 0 Å². The first-order valence-electron chi connectivity index (χ1n) is 7.07. The van der Waals surface area contributed by atoms with Crippen molar-refractivity contribution in [3.8, 4) is 0 Å². The maximum absolute atomic E-state index is 9.71. The average molecular weight is 226 g/mol. The van der Waals surface area contributed by atoms with E-state index < -0.39 is 0 Å². The molecule has 1 N–H and O–H groups in total. The van der Waals surface area contributed by atoms with E-state index in [0.29, 0.717) is 5.92 Å². The highest BCUT2D eigenvalue weighted by Gasteiger charge is 2.00. The van der Waals surface area contributed by atoms with E-state index in [1.807, 2.05) is 6.08 Å². The van der Waals surface area contributed by atoms with E-state index in [4.69, 9.17) is 0 Å². The smallest absolute Gasteiger partial charge is 0.0721 e. The fraction of sp³-hybridized carbons (Fsp3) is 0.867. The van der Waals surface area contributed by atoms with E-state index in [9.17, 15) is 5.11 Å². The molecule has 16 heavy (non-hydrogen) atoms. The SMILES string of the molecule is CCCCC[C@H](C)/C=C/[C@H](O)CCCCC. The second-order valence-electron chi connectivity index (χ2n) is 4.92. The van der Waals surface area contributed by atoms with Gasteiger partial charge >= 0.3 is 0 Å². The third kappa shape index (κ3) is 10.2. The summed E-state index contributed by atoms with van der Waals surface area (Å²) in [5, 5.41) is 9.71. The molecule has 0 aliphatic carbocycles. The van der Waals surface area contributed by atoms with Gasteiger partial charge in [-0.1, -0.05) is 71.4 Å². The van der Waals surface area contributed by atoms with Crippen molar-refractivity contribution >= 4 is 0 Å². The Kier molecular flexibility index (Phi) is 11.0. The van der Waals surface area contributed by atoms with Crippen molar-refractivity contribution in [3.05, 3.63) is 12.2 Å². The molecule has 96 valence electrons. The van der Waals surface area contributed by atoms with Crippen LogP contribution in [0, 0.1) is 5.92 Å². The maximum Gasteiger partial charge on any atom is 0.0721 e. The fourth-order valence-electron chi connectivity index (χ4n) is 1.83. The lowest BCUT2D eigenvalue weighted by atomic mass is 10.0. The minimum absolute atomic E-state index is 0.222. The number of hydrogen-bond acceptors (Lipinski definition) is 1. The molecule has 1 heteroatoms. The topological polar surface area (TPSA) is 20.2 Å². The molecule has 0 aliphatic heterocycles. The first kappa shape index (κ1) is 15.7. The van der Waals surface area contributed by atoms with Gasteiger partial charge in [0.05, 0.1) is 6.10 Å². The molecule has 0 amide bonds. The first-order valence-corrected chi connectivity index (χ1v) is 7.07. The van der Waals surface area contributed by atoms with Crippen LogP contribution >= 0.6 is 0 Å². The lowest BCUT2D eigenvalue weighted by molar-refractivity contribution is 0.207. The van der Waals surface area contributed by atoms with E-state index in [1.54, 1.807) is 0 Å². The quantitative estimate of drug-likeness (QED) is 0.423. The van der Waals surface area contributed by atoms with Gasteiger partial charge in [-0.15, -0.1) is 0 Å². The largest absolute Gasteiger partial charge is 0.389 e. The molecule has 0 fully saturated rings. The van der Waals surface area contributed by atoms with Gasteiger partial charge in [0.1, 0.15) is 0 Å². The molecule has 2 atom stereocenters. The highest BCUT2D eigenvalue weighted by molar-refractivity contribution is 4.91. The Bertz CT molecular complexity index is 145. The number of unbranched alkanes of at least 4 members (excludes halogenated alkanes) is 4. The molecular formula is C15H30O. The van der Waals surface area contributed by atoms with Gasteiger partial charge in [0.15, 0.2) is 0 Å². The summed E-state index contributed by atoms with van der Waals surface area (Å²) < 4.78 is 0. The standard InChI is InChI=1S/C15H30O/c1-4-6-8-10-14(3)12-13-15(16)11-9-7-5-2/h12-16H,4-11H2,1-3H3/b13-12+/t14-,15+/m0/s1. The molecule has 0 aromatic carbocycles. The normalized spacial score (nSPS) is 15.5. The van der Waals surface area contributed by atoms with Crippen LogP contribution in [0.15, 0.2) is 12.2 Å². The van der Waals surface area contributed by atoms with Crippen molar-refractivity contribution in [3.63, 3.8) is 0 Å². The number of hydrogen-bond donors (Lipinski definition) is 1. The molecule has 0 saturated carbocycles. The van der Waals surface area contributed by atoms with Crippen molar-refractivity contribution in [1.82, 2.24) is 0 Å². The van der Waals surface area contributed by atoms with Gasteiger partial charge in [-0.25, -0.2) is 0 Å². The highest BCUT2D eigenvalue weighted by atomic mass is 16.3. The Hall–Kier alpha value is -0.300. The molecule has 0 aromatic rings. The Morgan fingerprint density at radius 2 is 1.44 bits per heavy atom. The first-order chi connectivity index (χ1) is 7.70. The summed E-state index contributed by atoms with van der Waals surface area (Å²) in [7, 11) is 0. The van der Waals surface area contributed by atoms with E-state index in [1.165, 1.54) is 38.5 Å². The van der Waals surface area contributed by atoms with Crippen molar-refractivity contribution < 1.29 is 5.11 Å². The molecule has 0 heterocycles. The van der Waals surface area contributed by atoms with E-state index >= 15 is 0 Å². The van der Waals surface area contributed by atoms with E-state index in [2.05, 4.69) is 26.8 Å². The van der Waals surface area contributed by atoms with E-state index in [-0.39, 0.29) is 6.10 Å². The van der Waals surface area contributed by atoms with Gasteiger partial charge in [0.2, 0.25) is 0 Å². The molecule has 0 aromatic heterocycles. The summed E-state index contributed by atoms with van der Waals surface area (Å²) in [5.74, 6) is 0.618. The highest BCUT2D eigenvalue weighted by Crippen LogP contribution is 2.12. The fourth-order valence-corrected chi connectivity index (χ4v) is 1.83. The Balaban J connectivity index is 3.54. The van der Waals surface area contributed by atoms with Gasteiger partial charge in [0, 0.05) is 0 Å². The number of aliphatic hydroxyl groups is 1. The monoisotopic (exact) mass is 226 g/mol. The van der Waals surface area contributed by atoms with Crippen molar-refractivity contribution in [2.24, 2.45) is 5.92 Å². The van der Waals surface area contributed by atoms with Crippen LogP contribution in [0.4, 0.5) is 0 Å². The zero-order valence-corrected chi connectivity index (χ0v) is 11.4. The summed E-state index contributed by atoms with van der Waals surface area (Å²) >= 11 is 0. The van der Waals surface area contributed by atoms with Gasteiger partial charge in [-0.3, -0.25) is 0 Å². The minimum Gasteiger partial charge on any atom is -0.389 e. The van der Waals surface area contributed by atoms with Crippen LogP contribution in [0.25, 0.3) is 0 Å². The van der Waals surface area contributed by atoms with E-state index in [0.717, 1.165) is 12.8 Å². The second kappa shape index (κ2) is 11.2. The van der Waals surface area contributed by atoms with Crippen molar-refractivity contribution in [1.29, 1.82) is 0 Å². The van der Waals surface area contributed by atoms with Crippen molar-refractivity contribution in [2.45, 2.75) is 78.2 Å². The summed E-state index contributed by atoms with van der Waals surface area (Å²) in [6, 6.07) is 0. The van der Waals surface area contributed by atoms with Crippen LogP contribution in [0.3, 0.4) is 0 Å². The summed E-state index contributed by atoms with van der Waals surface area (Å²) in [5.41, 5.74) is 0. The van der Waals surface area contributed by atoms with Crippen LogP contribution in [0.5, 0.6) is 0 Å². The molecule has 0 unspecified atom stereocenters. The second-order valence-corrected chi connectivity index (χ2v) is 4.92. The maximum atomic E-state index is 9.71. The molecule has 0 rings (SSSR count). The van der Waals surface area contributed by atoms with Gasteiger partial charge in [-0.05, 0) is 18.8 Å². The predicted molar refractivity (Wildman–Crippen MR) is 72.6 cm³/mol. The Labute approximate surface area is 102 Å². The number of rotatable bonds is 10. The van der Waals surface area contributed by atoms with Crippen molar-refractivity contribution in [2.75, 3.05) is 0 Å². The zero-order chi connectivity index (χ0) is 12.2. The average Bonchev–Trinajstić information content (AvgIpc) is 2.27. The minimum atomic E-state index is -0.222. The molecule has 0 spiro atoms. The van der Waals surface area contributed by atoms with Crippen LogP contribution in [-0.2, 0) is 0 Å². The van der Waals surface area contributed by atoms with Crippen LogP contribution in [0.1, 0.15) is 72.1 Å². The molecular weight excluding hydrogens is 196 g/mol. The third-order valence-corrected chi connectivity index (χ3v) is 3.03. The third-order valence-electron chi connectivity index (χ3n) is 3.03. The van der Waals surface area contributed by atoms with Crippen LogP contribution in [0.2, 0.25) is 0 Å². The summed E-state index contributed by atoms with van der Waals surface area (Å²) in [4.78, 5) is 0. The summed E-state index contributed by atoms with van der Waals surface area (Å²) in [6.07, 6.45) is 13.7. The number of aliphatic hydroxyl groups excluding tert-OH is 1. The lowest BCUT2D eigenvalue weighted by Gasteiger charge is -2.08. The number of allylic oxidation sites excluding steroid dienone is 1. The lowest BCUT2D eigenvalue weighted by Crippen LogP contribution is -2.02. The predicted octanol–water partition coefficient (Wildman–Crippen LogP) is 4.70. The van der Waals surface area contributed by atoms with Gasteiger partial charge in [-0.2, -0.15) is 0 Å². The zero-order valence-electron chi connectivity index (χ0n) is 11.4. The Morgan fingerprint density at radius 1 is 0.875 bits per heavy atom. The molecule has 1 nitrogen and oxygen atoms in total. The molecule has 0 bridgehead atoms. The molecule has 0 aliphatic rings. The Morgan fingerprint density at radius 3 is 2.00 bits per heavy atom.